The highest BCUT2D eigenvalue weighted by atomic mass is 35.5. The van der Waals surface area contributed by atoms with Crippen molar-refractivity contribution in [2.45, 2.75) is 32.2 Å². The van der Waals surface area contributed by atoms with Gasteiger partial charge in [-0.15, -0.1) is 0 Å². The number of pyridine rings is 1. The topological polar surface area (TPSA) is 42.4 Å². The summed E-state index contributed by atoms with van der Waals surface area (Å²) in [6, 6.07) is 11.5. The summed E-state index contributed by atoms with van der Waals surface area (Å²) in [4.78, 5) is 19.0. The van der Waals surface area contributed by atoms with E-state index in [1.54, 1.807) is 18.3 Å². The smallest absolute Gasteiger partial charge is 0.254 e. The summed E-state index contributed by atoms with van der Waals surface area (Å²) < 4.78 is 5.40. The van der Waals surface area contributed by atoms with Gasteiger partial charge >= 0.3 is 0 Å². The van der Waals surface area contributed by atoms with E-state index in [9.17, 15) is 4.79 Å². The van der Waals surface area contributed by atoms with Crippen molar-refractivity contribution in [3.63, 3.8) is 0 Å². The number of likely N-dealkylation sites (tertiary alicyclic amines) is 1. The summed E-state index contributed by atoms with van der Waals surface area (Å²) in [5.41, 5.74) is 1.72. The number of benzene rings is 1. The number of aromatic nitrogens is 1. The molecule has 0 N–H and O–H groups in total. The maximum atomic E-state index is 12.9. The standard InChI is InChI=1S/C19H21ClN2O2/c1-2-24-18-13-15(9-10-21-18)19(23)22-11-5-7-16(22)12-14-6-3-4-8-17(14)20/h3-4,6,8-10,13,16H,2,5,7,11-12H2,1H3. The first-order valence-electron chi connectivity index (χ1n) is 8.32. The van der Waals surface area contributed by atoms with Gasteiger partial charge in [-0.3, -0.25) is 4.79 Å². The summed E-state index contributed by atoms with van der Waals surface area (Å²) in [6.07, 6.45) is 4.43. The maximum absolute atomic E-state index is 12.9. The van der Waals surface area contributed by atoms with E-state index >= 15 is 0 Å². The van der Waals surface area contributed by atoms with Gasteiger partial charge in [0.1, 0.15) is 0 Å². The van der Waals surface area contributed by atoms with Crippen LogP contribution in [-0.4, -0.2) is 35.0 Å². The minimum Gasteiger partial charge on any atom is -0.478 e. The quantitative estimate of drug-likeness (QED) is 0.823. The van der Waals surface area contributed by atoms with Crippen LogP contribution in [0.25, 0.3) is 0 Å². The molecule has 1 unspecified atom stereocenters. The second-order valence-corrected chi connectivity index (χ2v) is 6.31. The van der Waals surface area contributed by atoms with Crippen molar-refractivity contribution in [3.8, 4) is 5.88 Å². The van der Waals surface area contributed by atoms with Crippen LogP contribution in [0.4, 0.5) is 0 Å². The number of hydrogen-bond acceptors (Lipinski definition) is 3. The van der Waals surface area contributed by atoms with Crippen LogP contribution in [0, 0.1) is 0 Å². The van der Waals surface area contributed by atoms with Crippen LogP contribution in [0.3, 0.4) is 0 Å². The van der Waals surface area contributed by atoms with Crippen LogP contribution in [0.5, 0.6) is 5.88 Å². The Morgan fingerprint density at radius 3 is 3.00 bits per heavy atom. The third kappa shape index (κ3) is 3.70. The number of rotatable bonds is 5. The molecule has 3 rings (SSSR count). The molecule has 4 nitrogen and oxygen atoms in total. The Morgan fingerprint density at radius 2 is 2.21 bits per heavy atom. The van der Waals surface area contributed by atoms with Gasteiger partial charge in [0.25, 0.3) is 5.91 Å². The third-order valence-corrected chi connectivity index (χ3v) is 4.69. The van der Waals surface area contributed by atoms with E-state index in [0.29, 0.717) is 18.1 Å². The summed E-state index contributed by atoms with van der Waals surface area (Å²) in [6.45, 7) is 3.21. The molecule has 1 aromatic heterocycles. The molecule has 0 radical (unpaired) electrons. The van der Waals surface area contributed by atoms with E-state index < -0.39 is 0 Å². The number of ether oxygens (including phenoxy) is 1. The molecule has 1 atom stereocenters. The molecule has 1 amide bonds. The molecule has 126 valence electrons. The fraction of sp³-hybridized carbons (Fsp3) is 0.368. The Labute approximate surface area is 147 Å². The first-order chi connectivity index (χ1) is 11.7. The van der Waals surface area contributed by atoms with Crippen molar-refractivity contribution in [1.82, 2.24) is 9.88 Å². The second-order valence-electron chi connectivity index (χ2n) is 5.91. The Morgan fingerprint density at radius 1 is 1.38 bits per heavy atom. The van der Waals surface area contributed by atoms with Crippen LogP contribution < -0.4 is 4.74 Å². The zero-order valence-corrected chi connectivity index (χ0v) is 14.5. The van der Waals surface area contributed by atoms with Crippen LogP contribution in [-0.2, 0) is 6.42 Å². The number of hydrogen-bond donors (Lipinski definition) is 0. The van der Waals surface area contributed by atoms with Gasteiger partial charge in [0.2, 0.25) is 5.88 Å². The molecular formula is C19H21ClN2O2. The summed E-state index contributed by atoms with van der Waals surface area (Å²) in [7, 11) is 0. The first kappa shape index (κ1) is 16.8. The fourth-order valence-corrected chi connectivity index (χ4v) is 3.38. The summed E-state index contributed by atoms with van der Waals surface area (Å²) >= 11 is 6.27. The van der Waals surface area contributed by atoms with Crippen molar-refractivity contribution in [2.75, 3.05) is 13.2 Å². The van der Waals surface area contributed by atoms with Gasteiger partial charge in [0.05, 0.1) is 6.61 Å². The molecule has 0 aliphatic carbocycles. The lowest BCUT2D eigenvalue weighted by atomic mass is 10.0. The predicted octanol–water partition coefficient (Wildman–Crippen LogP) is 3.98. The molecule has 2 aromatic rings. The lowest BCUT2D eigenvalue weighted by Gasteiger charge is -2.25. The zero-order chi connectivity index (χ0) is 16.9. The van der Waals surface area contributed by atoms with Crippen LogP contribution >= 0.6 is 11.6 Å². The molecule has 5 heteroatoms. The minimum atomic E-state index is 0.0351. The van der Waals surface area contributed by atoms with E-state index in [0.717, 1.165) is 36.4 Å². The average molecular weight is 345 g/mol. The summed E-state index contributed by atoms with van der Waals surface area (Å²) in [5.74, 6) is 0.526. The lowest BCUT2D eigenvalue weighted by Crippen LogP contribution is -2.36. The molecule has 1 aromatic carbocycles. The first-order valence-corrected chi connectivity index (χ1v) is 8.70. The largest absolute Gasteiger partial charge is 0.478 e. The molecule has 1 aliphatic rings. The maximum Gasteiger partial charge on any atom is 0.254 e. The van der Waals surface area contributed by atoms with Crippen molar-refractivity contribution < 1.29 is 9.53 Å². The Balaban J connectivity index is 1.76. The summed E-state index contributed by atoms with van der Waals surface area (Å²) in [5, 5.41) is 0.763. The molecular weight excluding hydrogens is 324 g/mol. The van der Waals surface area contributed by atoms with Crippen LogP contribution in [0.15, 0.2) is 42.6 Å². The number of carbonyl (C=O) groups is 1. The average Bonchev–Trinajstić information content (AvgIpc) is 3.05. The third-order valence-electron chi connectivity index (χ3n) is 4.33. The van der Waals surface area contributed by atoms with Crippen molar-refractivity contribution in [3.05, 3.63) is 58.7 Å². The number of carbonyl (C=O) groups excluding carboxylic acids is 1. The highest BCUT2D eigenvalue weighted by molar-refractivity contribution is 6.31. The number of halogens is 1. The van der Waals surface area contributed by atoms with Gasteiger partial charge in [-0.25, -0.2) is 4.98 Å². The van der Waals surface area contributed by atoms with E-state index in [1.807, 2.05) is 36.1 Å². The van der Waals surface area contributed by atoms with Crippen molar-refractivity contribution in [2.24, 2.45) is 0 Å². The van der Waals surface area contributed by atoms with Gasteiger partial charge < -0.3 is 9.64 Å². The van der Waals surface area contributed by atoms with Gasteiger partial charge in [-0.05, 0) is 43.9 Å². The van der Waals surface area contributed by atoms with Crippen molar-refractivity contribution in [1.29, 1.82) is 0 Å². The monoisotopic (exact) mass is 344 g/mol. The zero-order valence-electron chi connectivity index (χ0n) is 13.7. The fourth-order valence-electron chi connectivity index (χ4n) is 3.17. The highest BCUT2D eigenvalue weighted by Gasteiger charge is 2.30. The Bertz CT molecular complexity index is 720. The Hall–Kier alpha value is -2.07. The van der Waals surface area contributed by atoms with Crippen molar-refractivity contribution >= 4 is 17.5 Å². The predicted molar refractivity (Wildman–Crippen MR) is 94.6 cm³/mol. The molecule has 2 heterocycles. The van der Waals surface area contributed by atoms with Crippen LogP contribution in [0.1, 0.15) is 35.7 Å². The van der Waals surface area contributed by atoms with Gasteiger partial charge in [-0.1, -0.05) is 29.8 Å². The number of amides is 1. The normalized spacial score (nSPS) is 17.1. The van der Waals surface area contributed by atoms with Gasteiger partial charge in [0, 0.05) is 35.4 Å². The molecule has 0 saturated carbocycles. The van der Waals surface area contributed by atoms with E-state index in [-0.39, 0.29) is 11.9 Å². The van der Waals surface area contributed by atoms with Crippen LogP contribution in [0.2, 0.25) is 5.02 Å². The van der Waals surface area contributed by atoms with E-state index in [4.69, 9.17) is 16.3 Å². The van der Waals surface area contributed by atoms with Gasteiger partial charge in [-0.2, -0.15) is 0 Å². The minimum absolute atomic E-state index is 0.0351. The Kier molecular flexibility index (Phi) is 5.36. The molecule has 1 aliphatic heterocycles. The highest BCUT2D eigenvalue weighted by Crippen LogP contribution is 2.26. The lowest BCUT2D eigenvalue weighted by molar-refractivity contribution is 0.0736. The van der Waals surface area contributed by atoms with Gasteiger partial charge in [0.15, 0.2) is 0 Å². The molecule has 1 fully saturated rings. The SMILES string of the molecule is CCOc1cc(C(=O)N2CCCC2Cc2ccccc2Cl)ccn1. The molecule has 1 saturated heterocycles. The number of nitrogens with zero attached hydrogens (tertiary/aromatic N) is 2. The second kappa shape index (κ2) is 7.67. The van der Waals surface area contributed by atoms with E-state index in [2.05, 4.69) is 4.98 Å². The molecule has 24 heavy (non-hydrogen) atoms. The van der Waals surface area contributed by atoms with E-state index in [1.165, 1.54) is 0 Å². The molecule has 0 bridgehead atoms. The molecule has 0 spiro atoms.